The summed E-state index contributed by atoms with van der Waals surface area (Å²) in [5.74, 6) is 1.07. The maximum Gasteiger partial charge on any atom is 0.162 e. The zero-order valence-electron chi connectivity index (χ0n) is 9.83. The van der Waals surface area contributed by atoms with E-state index in [1.807, 2.05) is 6.07 Å². The van der Waals surface area contributed by atoms with Gasteiger partial charge in [-0.3, -0.25) is 0 Å². The van der Waals surface area contributed by atoms with Crippen molar-refractivity contribution in [2.24, 2.45) is 11.7 Å². The second-order valence-electron chi connectivity index (χ2n) is 4.28. The standard InChI is InChI=1S/C12H18BrNO2/c1-7(2)4-10(14)9-5-8(13)6-11(16-3)12(9)15/h5-7,10,15H,4,14H2,1-3H3. The van der Waals surface area contributed by atoms with Gasteiger partial charge in [-0.25, -0.2) is 0 Å². The Kier molecular flexibility index (Phi) is 4.62. The van der Waals surface area contributed by atoms with Gasteiger partial charge in [-0.15, -0.1) is 0 Å². The van der Waals surface area contributed by atoms with E-state index < -0.39 is 0 Å². The molecule has 1 atom stereocenters. The first-order valence-corrected chi connectivity index (χ1v) is 6.07. The second kappa shape index (κ2) is 5.55. The number of hydrogen-bond acceptors (Lipinski definition) is 3. The van der Waals surface area contributed by atoms with E-state index in [1.54, 1.807) is 6.07 Å². The number of phenolic OH excluding ortho intramolecular Hbond substituents is 1. The molecular formula is C12H18BrNO2. The summed E-state index contributed by atoms with van der Waals surface area (Å²) >= 11 is 3.38. The minimum Gasteiger partial charge on any atom is -0.504 e. The van der Waals surface area contributed by atoms with Crippen LogP contribution in [0.2, 0.25) is 0 Å². The lowest BCUT2D eigenvalue weighted by molar-refractivity contribution is 0.365. The molecule has 4 heteroatoms. The van der Waals surface area contributed by atoms with Crippen LogP contribution in [0, 0.1) is 5.92 Å². The molecule has 0 fully saturated rings. The average molecular weight is 288 g/mol. The van der Waals surface area contributed by atoms with Crippen molar-refractivity contribution < 1.29 is 9.84 Å². The molecule has 1 rings (SSSR count). The van der Waals surface area contributed by atoms with Crippen molar-refractivity contribution in [1.29, 1.82) is 0 Å². The van der Waals surface area contributed by atoms with Crippen LogP contribution in [0.15, 0.2) is 16.6 Å². The number of halogens is 1. The lowest BCUT2D eigenvalue weighted by atomic mass is 9.97. The van der Waals surface area contributed by atoms with Gasteiger partial charge >= 0.3 is 0 Å². The third-order valence-corrected chi connectivity index (χ3v) is 2.87. The normalized spacial score (nSPS) is 12.9. The van der Waals surface area contributed by atoms with E-state index >= 15 is 0 Å². The van der Waals surface area contributed by atoms with Crippen molar-refractivity contribution in [3.63, 3.8) is 0 Å². The molecule has 3 nitrogen and oxygen atoms in total. The summed E-state index contributed by atoms with van der Waals surface area (Å²) in [7, 11) is 1.53. The fourth-order valence-corrected chi connectivity index (χ4v) is 2.12. The third-order valence-electron chi connectivity index (χ3n) is 2.41. The lowest BCUT2D eigenvalue weighted by Crippen LogP contribution is -2.13. The molecule has 0 saturated carbocycles. The topological polar surface area (TPSA) is 55.5 Å². The van der Waals surface area contributed by atoms with Crippen molar-refractivity contribution in [3.05, 3.63) is 22.2 Å². The SMILES string of the molecule is COc1cc(Br)cc(C(N)CC(C)C)c1O. The van der Waals surface area contributed by atoms with Crippen LogP contribution < -0.4 is 10.5 Å². The number of hydrogen-bond donors (Lipinski definition) is 2. The van der Waals surface area contributed by atoms with Crippen LogP contribution in [-0.2, 0) is 0 Å². The minimum absolute atomic E-state index is 0.138. The molecular weight excluding hydrogens is 270 g/mol. The largest absolute Gasteiger partial charge is 0.504 e. The summed E-state index contributed by atoms with van der Waals surface area (Å²) in [6.45, 7) is 4.21. The van der Waals surface area contributed by atoms with E-state index in [-0.39, 0.29) is 11.8 Å². The van der Waals surface area contributed by atoms with Crippen LogP contribution in [0.4, 0.5) is 0 Å². The quantitative estimate of drug-likeness (QED) is 0.894. The van der Waals surface area contributed by atoms with Gasteiger partial charge in [0.15, 0.2) is 11.5 Å². The molecule has 0 saturated heterocycles. The molecule has 0 radical (unpaired) electrons. The summed E-state index contributed by atoms with van der Waals surface area (Å²) in [4.78, 5) is 0. The number of ether oxygens (including phenoxy) is 1. The predicted octanol–water partition coefficient (Wildman–Crippen LogP) is 3.21. The van der Waals surface area contributed by atoms with Gasteiger partial charge in [-0.05, 0) is 24.5 Å². The molecule has 1 aromatic carbocycles. The molecule has 1 unspecified atom stereocenters. The number of phenols is 1. The van der Waals surface area contributed by atoms with E-state index in [2.05, 4.69) is 29.8 Å². The predicted molar refractivity (Wildman–Crippen MR) is 68.7 cm³/mol. The molecule has 0 aromatic heterocycles. The van der Waals surface area contributed by atoms with E-state index in [0.29, 0.717) is 11.7 Å². The molecule has 90 valence electrons. The summed E-state index contributed by atoms with van der Waals surface area (Å²) in [5.41, 5.74) is 6.78. The molecule has 16 heavy (non-hydrogen) atoms. The van der Waals surface area contributed by atoms with Crippen LogP contribution in [0.5, 0.6) is 11.5 Å². The van der Waals surface area contributed by atoms with E-state index in [1.165, 1.54) is 7.11 Å². The molecule has 0 aliphatic heterocycles. The monoisotopic (exact) mass is 287 g/mol. The van der Waals surface area contributed by atoms with Crippen molar-refractivity contribution >= 4 is 15.9 Å². The van der Waals surface area contributed by atoms with Gasteiger partial charge in [-0.2, -0.15) is 0 Å². The van der Waals surface area contributed by atoms with Crippen molar-refractivity contribution in [2.75, 3.05) is 7.11 Å². The number of rotatable bonds is 4. The van der Waals surface area contributed by atoms with E-state index in [0.717, 1.165) is 16.5 Å². The highest BCUT2D eigenvalue weighted by Crippen LogP contribution is 2.37. The van der Waals surface area contributed by atoms with Crippen molar-refractivity contribution in [3.8, 4) is 11.5 Å². The minimum atomic E-state index is -0.175. The Morgan fingerprint density at radius 3 is 2.56 bits per heavy atom. The Hall–Kier alpha value is -0.740. The number of nitrogens with two attached hydrogens (primary N) is 1. The molecule has 0 aliphatic carbocycles. The lowest BCUT2D eigenvalue weighted by Gasteiger charge is -2.17. The second-order valence-corrected chi connectivity index (χ2v) is 5.20. The first-order chi connectivity index (χ1) is 7.45. The molecule has 3 N–H and O–H groups in total. The molecule has 0 aliphatic rings. The van der Waals surface area contributed by atoms with E-state index in [9.17, 15) is 5.11 Å². The summed E-state index contributed by atoms with van der Waals surface area (Å²) in [6.07, 6.45) is 0.827. The van der Waals surface area contributed by atoms with Gasteiger partial charge in [-0.1, -0.05) is 29.8 Å². The zero-order valence-corrected chi connectivity index (χ0v) is 11.4. The van der Waals surface area contributed by atoms with Crippen LogP contribution >= 0.6 is 15.9 Å². The Bertz CT molecular complexity index is 366. The molecule has 0 spiro atoms. The molecule has 0 amide bonds. The van der Waals surface area contributed by atoms with Gasteiger partial charge in [0.25, 0.3) is 0 Å². The highest BCUT2D eigenvalue weighted by Gasteiger charge is 2.16. The van der Waals surface area contributed by atoms with Gasteiger partial charge in [0, 0.05) is 16.1 Å². The fraction of sp³-hybridized carbons (Fsp3) is 0.500. The smallest absolute Gasteiger partial charge is 0.162 e. The van der Waals surface area contributed by atoms with Gasteiger partial charge < -0.3 is 15.6 Å². The van der Waals surface area contributed by atoms with Gasteiger partial charge in [0.1, 0.15) is 0 Å². The number of benzene rings is 1. The fourth-order valence-electron chi connectivity index (χ4n) is 1.67. The Morgan fingerprint density at radius 1 is 1.44 bits per heavy atom. The van der Waals surface area contributed by atoms with Crippen LogP contribution in [0.25, 0.3) is 0 Å². The molecule has 0 bridgehead atoms. The Labute approximate surface area is 105 Å². The average Bonchev–Trinajstić information content (AvgIpc) is 2.19. The van der Waals surface area contributed by atoms with E-state index in [4.69, 9.17) is 10.5 Å². The third kappa shape index (κ3) is 3.12. The molecule has 1 aromatic rings. The zero-order chi connectivity index (χ0) is 12.3. The summed E-state index contributed by atoms with van der Waals surface area (Å²) < 4.78 is 5.94. The van der Waals surface area contributed by atoms with Crippen LogP contribution in [-0.4, -0.2) is 12.2 Å². The first-order valence-electron chi connectivity index (χ1n) is 5.27. The van der Waals surface area contributed by atoms with Crippen molar-refractivity contribution in [2.45, 2.75) is 26.3 Å². The maximum atomic E-state index is 9.97. The first kappa shape index (κ1) is 13.3. The van der Waals surface area contributed by atoms with Gasteiger partial charge in [0.2, 0.25) is 0 Å². The highest BCUT2D eigenvalue weighted by molar-refractivity contribution is 9.10. The van der Waals surface area contributed by atoms with Crippen LogP contribution in [0.1, 0.15) is 31.9 Å². The number of aromatic hydroxyl groups is 1. The molecule has 0 heterocycles. The summed E-state index contributed by atoms with van der Waals surface area (Å²) in [6, 6.07) is 3.39. The summed E-state index contributed by atoms with van der Waals surface area (Å²) in [5, 5.41) is 9.97. The van der Waals surface area contributed by atoms with Crippen LogP contribution in [0.3, 0.4) is 0 Å². The van der Waals surface area contributed by atoms with Gasteiger partial charge in [0.05, 0.1) is 7.11 Å². The maximum absolute atomic E-state index is 9.97. The Balaban J connectivity index is 3.07. The Morgan fingerprint density at radius 2 is 2.06 bits per heavy atom. The highest BCUT2D eigenvalue weighted by atomic mass is 79.9. The number of methoxy groups -OCH3 is 1. The van der Waals surface area contributed by atoms with Crippen molar-refractivity contribution in [1.82, 2.24) is 0 Å².